The molecule has 10 aliphatic carbocycles. The molecule has 0 amide bonds. The highest BCUT2D eigenvalue weighted by Crippen LogP contribution is 2.46. The first-order valence-corrected chi connectivity index (χ1v) is 40.2. The Labute approximate surface area is 574 Å². The van der Waals surface area contributed by atoms with Crippen LogP contribution in [0.25, 0.3) is 0 Å². The Bertz CT molecular complexity index is 1540. The molecule has 0 radical (unpaired) electrons. The summed E-state index contributed by atoms with van der Waals surface area (Å²) < 4.78 is 77.5. The third kappa shape index (κ3) is 40.6. The van der Waals surface area contributed by atoms with E-state index in [1.807, 2.05) is 13.8 Å². The summed E-state index contributed by atoms with van der Waals surface area (Å²) >= 11 is 0. The minimum atomic E-state index is -2.39. The second-order valence-corrected chi connectivity index (χ2v) is 39.3. The number of hydrogen-bond donors (Lipinski definition) is 0. The van der Waals surface area contributed by atoms with Crippen LogP contribution < -0.4 is 0 Å². The highest BCUT2D eigenvalue weighted by Gasteiger charge is 2.42. The van der Waals surface area contributed by atoms with Crippen LogP contribution in [-0.2, 0) is 0 Å². The Balaban J connectivity index is 0.000000512. The molecule has 10 fully saturated rings. The number of rotatable bonds is 0. The van der Waals surface area contributed by atoms with E-state index in [4.69, 9.17) is 0 Å². The summed E-state index contributed by atoms with van der Waals surface area (Å²) in [5.41, 5.74) is 0.855. The van der Waals surface area contributed by atoms with Crippen molar-refractivity contribution >= 4 is 0 Å². The third-order valence-corrected chi connectivity index (χ3v) is 26.0. The molecule has 92 heavy (non-hydrogen) atoms. The molecule has 0 aromatic carbocycles. The van der Waals surface area contributed by atoms with Gasteiger partial charge in [-0.2, -0.15) is 0 Å². The molecule has 10 aliphatic rings. The average molecular weight is 1310 g/mol. The molecule has 0 aromatic heterocycles. The summed E-state index contributed by atoms with van der Waals surface area (Å²) in [7, 11) is 0. The van der Waals surface area contributed by atoms with Crippen LogP contribution in [0.5, 0.6) is 0 Å². The van der Waals surface area contributed by atoms with Crippen molar-refractivity contribution < 1.29 is 26.3 Å². The molecule has 0 N–H and O–H groups in total. The van der Waals surface area contributed by atoms with E-state index in [1.54, 1.807) is 27.7 Å². The van der Waals surface area contributed by atoms with E-state index in [9.17, 15) is 26.3 Å². The zero-order valence-electron chi connectivity index (χ0n) is 67.0. The van der Waals surface area contributed by atoms with Crippen LogP contribution in [0.3, 0.4) is 0 Å². The first-order chi connectivity index (χ1) is 42.1. The van der Waals surface area contributed by atoms with Crippen molar-refractivity contribution in [3.05, 3.63) is 0 Å². The van der Waals surface area contributed by atoms with E-state index in [0.717, 1.165) is 135 Å². The molecule has 0 saturated heterocycles. The lowest BCUT2D eigenvalue weighted by atomic mass is 9.66. The van der Waals surface area contributed by atoms with Gasteiger partial charge in [-0.3, -0.25) is 0 Å². The molecule has 0 heterocycles. The minimum absolute atomic E-state index is 0.0914. The summed E-state index contributed by atoms with van der Waals surface area (Å²) in [5.74, 6) is 6.23. The monoisotopic (exact) mass is 1310 g/mol. The van der Waals surface area contributed by atoms with Gasteiger partial charge in [-0.05, 0) is 234 Å². The van der Waals surface area contributed by atoms with E-state index in [2.05, 4.69) is 138 Å². The van der Waals surface area contributed by atoms with Crippen LogP contribution in [0.2, 0.25) is 0 Å². The van der Waals surface area contributed by atoms with Gasteiger partial charge in [0.05, 0.1) is 0 Å². The summed E-state index contributed by atoms with van der Waals surface area (Å²) in [5, 5.41) is 0. The van der Waals surface area contributed by atoms with Crippen molar-refractivity contribution in [3.63, 3.8) is 0 Å². The molecule has 6 heteroatoms. The zero-order valence-corrected chi connectivity index (χ0v) is 67.0. The molecule has 10 saturated carbocycles. The molecule has 0 bridgehead atoms. The van der Waals surface area contributed by atoms with Gasteiger partial charge >= 0.3 is 0 Å². The maximum atomic E-state index is 13.0. The fraction of sp³-hybridized carbons (Fsp3) is 1.00. The zero-order chi connectivity index (χ0) is 70.7. The number of halogens is 6. The Morgan fingerprint density at radius 2 is 0.348 bits per heavy atom. The summed E-state index contributed by atoms with van der Waals surface area (Å²) in [6.45, 7) is 57.9. The van der Waals surface area contributed by atoms with E-state index in [0.29, 0.717) is 34.5 Å². The molecule has 10 rings (SSSR count). The largest absolute Gasteiger partial charge is 0.250 e. The first kappa shape index (κ1) is 89.6. The van der Waals surface area contributed by atoms with Crippen LogP contribution in [0, 0.1) is 116 Å². The molecular weight excluding hydrogens is 1150 g/mol. The van der Waals surface area contributed by atoms with Gasteiger partial charge in [0.15, 0.2) is 0 Å². The minimum Gasteiger partial charge on any atom is -0.244 e. The summed E-state index contributed by atoms with van der Waals surface area (Å²) in [6.07, 6.45) is 42.9. The van der Waals surface area contributed by atoms with E-state index in [1.165, 1.54) is 141 Å². The highest BCUT2D eigenvalue weighted by molar-refractivity contribution is 4.86. The Hall–Kier alpha value is -0.420. The predicted molar refractivity (Wildman–Crippen MR) is 397 cm³/mol. The second-order valence-electron chi connectivity index (χ2n) is 39.3. The van der Waals surface area contributed by atoms with Gasteiger partial charge in [-0.25, -0.2) is 26.3 Å². The molecule has 0 aliphatic heterocycles. The molecule has 8 atom stereocenters. The van der Waals surface area contributed by atoms with Gasteiger partial charge in [0, 0.05) is 24.7 Å². The van der Waals surface area contributed by atoms with Crippen molar-refractivity contribution in [1.29, 1.82) is 0 Å². The molecule has 8 unspecified atom stereocenters. The fourth-order valence-corrected chi connectivity index (χ4v) is 15.9. The van der Waals surface area contributed by atoms with Crippen LogP contribution in [0.4, 0.5) is 26.3 Å². The van der Waals surface area contributed by atoms with E-state index >= 15 is 0 Å². The van der Waals surface area contributed by atoms with E-state index in [-0.39, 0.29) is 24.7 Å². The van der Waals surface area contributed by atoms with Crippen molar-refractivity contribution in [2.75, 3.05) is 0 Å². The van der Waals surface area contributed by atoms with Crippen molar-refractivity contribution in [2.45, 2.75) is 434 Å². The quantitative estimate of drug-likeness (QED) is 0.212. The van der Waals surface area contributed by atoms with Crippen LogP contribution in [-0.4, -0.2) is 23.2 Å². The lowest BCUT2D eigenvalue weighted by Gasteiger charge is -2.39. The van der Waals surface area contributed by atoms with Crippen LogP contribution in [0.1, 0.15) is 411 Å². The van der Waals surface area contributed by atoms with Crippen molar-refractivity contribution in [3.8, 4) is 0 Å². The maximum Gasteiger partial charge on any atom is 0.250 e. The lowest BCUT2D eigenvalue weighted by molar-refractivity contribution is -0.0931. The molecule has 0 aromatic rings. The predicted octanol–water partition coefficient (Wildman–Crippen LogP) is 31.1. The van der Waals surface area contributed by atoms with Crippen LogP contribution in [0.15, 0.2) is 0 Å². The van der Waals surface area contributed by atoms with Gasteiger partial charge in [0.25, 0.3) is 11.8 Å². The van der Waals surface area contributed by atoms with E-state index < -0.39 is 35.0 Å². The Morgan fingerprint density at radius 1 is 0.185 bits per heavy atom. The first-order valence-electron chi connectivity index (χ1n) is 40.2. The Morgan fingerprint density at radius 3 is 0.500 bits per heavy atom. The average Bonchev–Trinajstić information content (AvgIpc) is 2.20. The van der Waals surface area contributed by atoms with Gasteiger partial charge in [0.2, 0.25) is 0 Å². The normalized spacial score (nSPS) is 38.5. The van der Waals surface area contributed by atoms with Crippen LogP contribution >= 0.6 is 0 Å². The SMILES string of the molecule is CC1CCC(C)(C)CC1.CC1CCC(C)(C)CC1.CC1CCC(C)(F)CC1.CC1CCC(C)(F)CC1.CC1CCC(C)C(C)(C)C1.CC1CCC(C)C(C)(C)C1.CC1CCC(C)C(F)(F)C1.CC1CCC(C)C(F)(F)C1.CC1CCC(C)CC1.CC1CCC(C)CC1. The highest BCUT2D eigenvalue weighted by atomic mass is 19.3. The second kappa shape index (κ2) is 42.0. The van der Waals surface area contributed by atoms with Gasteiger partial charge < -0.3 is 0 Å². The van der Waals surface area contributed by atoms with Gasteiger partial charge in [0.1, 0.15) is 11.3 Å². The maximum absolute atomic E-state index is 13.0. The summed E-state index contributed by atoms with van der Waals surface area (Å²) in [4.78, 5) is 0. The standard InChI is InChI=1S/2C10H20.2C9H18.2C8H14F2.2C8H15F.2C8H16/c2*1-8-5-6-9(2)10(3,4)7-8;2*1-8-4-6-9(2,3)7-5-8;2*1-6-3-4-7(2)8(9,10)5-6;2*1-7-3-5-8(2,9)6-4-7;2*1-7-3-5-8(2)6-4-7/h2*8-9H,5-7H2,1-4H3;2*8H,4-7H2,1-3H3;2*6-7H,3-5H2,1-2H3;2*7H,3-6H2,1-2H3;2*7-8H,3-6H2,1-2H3. The smallest absolute Gasteiger partial charge is 0.244 e. The number of hydrogen-bond acceptors (Lipinski definition) is 0. The summed E-state index contributed by atoms with van der Waals surface area (Å²) in [6, 6.07) is 0. The molecule has 0 nitrogen and oxygen atoms in total. The fourth-order valence-electron chi connectivity index (χ4n) is 15.9. The van der Waals surface area contributed by atoms with Crippen molar-refractivity contribution in [1.82, 2.24) is 0 Å². The Kier molecular flexibility index (Phi) is 40.9. The number of alkyl halides is 6. The van der Waals surface area contributed by atoms with Gasteiger partial charge in [-0.1, -0.05) is 269 Å². The molecule has 552 valence electrons. The topological polar surface area (TPSA) is 0 Å². The van der Waals surface area contributed by atoms with Gasteiger partial charge in [-0.15, -0.1) is 0 Å². The molecular formula is C86H166F6. The third-order valence-electron chi connectivity index (χ3n) is 26.0. The molecule has 0 spiro atoms. The lowest BCUT2D eigenvalue weighted by Crippen LogP contribution is -2.32. The van der Waals surface area contributed by atoms with Crippen molar-refractivity contribution in [2.24, 2.45) is 116 Å².